The molecule has 0 bridgehead atoms. The summed E-state index contributed by atoms with van der Waals surface area (Å²) in [5.41, 5.74) is 8.76. The molecule has 1 aromatic rings. The largest absolute Gasteiger partial charge is 0.395 e. The number of thiocarbonyl (C=S) groups is 1. The Morgan fingerprint density at radius 3 is 2.59 bits per heavy atom. The van der Waals surface area contributed by atoms with E-state index in [1.807, 2.05) is 25.1 Å². The number of aliphatic hydroxyl groups is 1. The van der Waals surface area contributed by atoms with Crippen molar-refractivity contribution in [3.8, 4) is 0 Å². The number of nitrogens with zero attached hydrogens (tertiary/aromatic N) is 1. The lowest BCUT2D eigenvalue weighted by atomic mass is 10.1. The van der Waals surface area contributed by atoms with Gasteiger partial charge < -0.3 is 15.7 Å². The van der Waals surface area contributed by atoms with E-state index in [-0.39, 0.29) is 12.6 Å². The van der Waals surface area contributed by atoms with Crippen LogP contribution >= 0.6 is 12.2 Å². The highest BCUT2D eigenvalue weighted by atomic mass is 32.1. The van der Waals surface area contributed by atoms with Crippen LogP contribution in [0.4, 0.5) is 5.69 Å². The first-order valence-electron chi connectivity index (χ1n) is 5.75. The Morgan fingerprint density at radius 1 is 1.47 bits per heavy atom. The van der Waals surface area contributed by atoms with Crippen molar-refractivity contribution in [3.05, 3.63) is 29.3 Å². The molecule has 0 aliphatic carbocycles. The molecule has 0 heterocycles. The predicted molar refractivity (Wildman–Crippen MR) is 76.6 cm³/mol. The maximum Gasteiger partial charge on any atom is 0.106 e. The summed E-state index contributed by atoms with van der Waals surface area (Å²) in [4.78, 5) is 2.50. The lowest BCUT2D eigenvalue weighted by Crippen LogP contribution is -2.35. The van der Waals surface area contributed by atoms with Crippen molar-refractivity contribution in [1.29, 1.82) is 0 Å². The number of aliphatic hydroxyl groups excluding tert-OH is 1. The van der Waals surface area contributed by atoms with E-state index in [2.05, 4.69) is 18.7 Å². The molecule has 4 heteroatoms. The van der Waals surface area contributed by atoms with Gasteiger partial charge >= 0.3 is 0 Å². The second-order valence-corrected chi connectivity index (χ2v) is 4.84. The number of hydrogen-bond donors (Lipinski definition) is 2. The summed E-state index contributed by atoms with van der Waals surface area (Å²) in [6.07, 6.45) is 0. The van der Waals surface area contributed by atoms with Gasteiger partial charge in [-0.05, 0) is 32.9 Å². The smallest absolute Gasteiger partial charge is 0.106 e. The van der Waals surface area contributed by atoms with Crippen LogP contribution in [0, 0.1) is 6.92 Å². The fraction of sp³-hybridized carbons (Fsp3) is 0.462. The number of anilines is 1. The van der Waals surface area contributed by atoms with Crippen LogP contribution in [0.15, 0.2) is 18.2 Å². The first-order valence-corrected chi connectivity index (χ1v) is 6.16. The molecule has 1 aromatic carbocycles. The average Bonchev–Trinajstić information content (AvgIpc) is 2.26. The zero-order valence-corrected chi connectivity index (χ0v) is 11.4. The topological polar surface area (TPSA) is 49.5 Å². The van der Waals surface area contributed by atoms with E-state index in [1.54, 1.807) is 0 Å². The van der Waals surface area contributed by atoms with Gasteiger partial charge in [-0.1, -0.05) is 23.8 Å². The minimum atomic E-state index is 0.114. The van der Waals surface area contributed by atoms with E-state index >= 15 is 0 Å². The van der Waals surface area contributed by atoms with Gasteiger partial charge in [0.15, 0.2) is 0 Å². The van der Waals surface area contributed by atoms with Gasteiger partial charge in [-0.25, -0.2) is 0 Å². The molecule has 1 rings (SSSR count). The van der Waals surface area contributed by atoms with Crippen LogP contribution in [0.25, 0.3) is 0 Å². The van der Waals surface area contributed by atoms with E-state index in [9.17, 15) is 0 Å². The zero-order valence-electron chi connectivity index (χ0n) is 10.6. The second-order valence-electron chi connectivity index (χ2n) is 4.40. The van der Waals surface area contributed by atoms with E-state index in [0.29, 0.717) is 11.5 Å². The van der Waals surface area contributed by atoms with Crippen LogP contribution in [-0.4, -0.2) is 29.3 Å². The van der Waals surface area contributed by atoms with Crippen molar-refractivity contribution in [2.45, 2.75) is 26.8 Å². The third kappa shape index (κ3) is 3.41. The molecule has 0 amide bonds. The van der Waals surface area contributed by atoms with Gasteiger partial charge in [-0.15, -0.1) is 0 Å². The average molecular weight is 252 g/mol. The maximum atomic E-state index is 9.13. The van der Waals surface area contributed by atoms with E-state index in [4.69, 9.17) is 23.1 Å². The molecule has 0 saturated carbocycles. The lowest BCUT2D eigenvalue weighted by Gasteiger charge is -2.30. The summed E-state index contributed by atoms with van der Waals surface area (Å²) in [6.45, 7) is 6.87. The molecule has 0 spiro atoms. The first-order chi connectivity index (χ1) is 7.97. The van der Waals surface area contributed by atoms with Gasteiger partial charge in [0.25, 0.3) is 0 Å². The summed E-state index contributed by atoms with van der Waals surface area (Å²) in [6, 6.07) is 6.33. The normalized spacial score (nSPS) is 10.6. The fourth-order valence-electron chi connectivity index (χ4n) is 1.86. The molecule has 0 aliphatic heterocycles. The van der Waals surface area contributed by atoms with Crippen LogP contribution in [0.5, 0.6) is 0 Å². The number of aryl methyl sites for hydroxylation is 1. The minimum Gasteiger partial charge on any atom is -0.395 e. The van der Waals surface area contributed by atoms with E-state index in [0.717, 1.165) is 16.8 Å². The summed E-state index contributed by atoms with van der Waals surface area (Å²) in [5, 5.41) is 9.13. The molecular formula is C13H20N2OS. The molecule has 0 fully saturated rings. The van der Waals surface area contributed by atoms with E-state index < -0.39 is 0 Å². The molecule has 3 nitrogen and oxygen atoms in total. The van der Waals surface area contributed by atoms with Crippen molar-refractivity contribution in [3.63, 3.8) is 0 Å². The molecule has 0 unspecified atom stereocenters. The first kappa shape index (κ1) is 13.9. The maximum absolute atomic E-state index is 9.13. The number of benzene rings is 1. The van der Waals surface area contributed by atoms with Crippen LogP contribution in [0.1, 0.15) is 25.0 Å². The van der Waals surface area contributed by atoms with Gasteiger partial charge in [0, 0.05) is 23.8 Å². The van der Waals surface area contributed by atoms with E-state index in [1.165, 1.54) is 0 Å². The quantitative estimate of drug-likeness (QED) is 0.785. The van der Waals surface area contributed by atoms with Crippen LogP contribution < -0.4 is 10.6 Å². The van der Waals surface area contributed by atoms with Crippen molar-refractivity contribution in [2.75, 3.05) is 18.1 Å². The molecule has 0 saturated heterocycles. The van der Waals surface area contributed by atoms with Gasteiger partial charge in [0.2, 0.25) is 0 Å². The zero-order chi connectivity index (χ0) is 13.0. The Balaban J connectivity index is 3.22. The predicted octanol–water partition coefficient (Wildman–Crippen LogP) is 1.84. The Bertz CT molecular complexity index is 404. The molecule has 0 atom stereocenters. The van der Waals surface area contributed by atoms with Crippen molar-refractivity contribution >= 4 is 22.9 Å². The number of hydrogen-bond acceptors (Lipinski definition) is 3. The lowest BCUT2D eigenvalue weighted by molar-refractivity contribution is 0.299. The van der Waals surface area contributed by atoms with Gasteiger partial charge in [-0.3, -0.25) is 0 Å². The highest BCUT2D eigenvalue weighted by Gasteiger charge is 2.15. The minimum absolute atomic E-state index is 0.114. The Hall–Kier alpha value is -1.13. The SMILES string of the molecule is Cc1ccc(N(CCO)C(C)C)c(C(N)=S)c1. The van der Waals surface area contributed by atoms with Gasteiger partial charge in [-0.2, -0.15) is 0 Å². The summed E-state index contributed by atoms with van der Waals surface area (Å²) < 4.78 is 0. The standard InChI is InChI=1S/C13H20N2OS/c1-9(2)15(6-7-16)12-5-4-10(3)8-11(12)13(14)17/h4-5,8-9,16H,6-7H2,1-3H3,(H2,14,17). The third-order valence-corrected chi connectivity index (χ3v) is 2.91. The Labute approximate surface area is 108 Å². The molecule has 17 heavy (non-hydrogen) atoms. The molecule has 3 N–H and O–H groups in total. The number of nitrogens with two attached hydrogens (primary N) is 1. The van der Waals surface area contributed by atoms with Crippen LogP contribution in [-0.2, 0) is 0 Å². The highest BCUT2D eigenvalue weighted by Crippen LogP contribution is 2.23. The Morgan fingerprint density at radius 2 is 2.12 bits per heavy atom. The van der Waals surface area contributed by atoms with Crippen molar-refractivity contribution in [1.82, 2.24) is 0 Å². The summed E-state index contributed by atoms with van der Waals surface area (Å²) >= 11 is 5.09. The summed E-state index contributed by atoms with van der Waals surface area (Å²) in [5.74, 6) is 0. The van der Waals surface area contributed by atoms with Crippen LogP contribution in [0.3, 0.4) is 0 Å². The fourth-order valence-corrected chi connectivity index (χ4v) is 2.03. The van der Waals surface area contributed by atoms with Crippen molar-refractivity contribution < 1.29 is 5.11 Å². The number of rotatable bonds is 5. The Kier molecular flexibility index (Phi) is 4.90. The third-order valence-electron chi connectivity index (χ3n) is 2.69. The monoisotopic (exact) mass is 252 g/mol. The summed E-state index contributed by atoms with van der Waals surface area (Å²) in [7, 11) is 0. The molecule has 0 aromatic heterocycles. The second kappa shape index (κ2) is 5.98. The highest BCUT2D eigenvalue weighted by molar-refractivity contribution is 7.80. The molecular weight excluding hydrogens is 232 g/mol. The molecule has 94 valence electrons. The van der Waals surface area contributed by atoms with Gasteiger partial charge in [0.05, 0.1) is 6.61 Å². The molecule has 0 radical (unpaired) electrons. The van der Waals surface area contributed by atoms with Gasteiger partial charge in [0.1, 0.15) is 4.99 Å². The van der Waals surface area contributed by atoms with Crippen molar-refractivity contribution in [2.24, 2.45) is 5.73 Å². The molecule has 0 aliphatic rings. The van der Waals surface area contributed by atoms with Crippen LogP contribution in [0.2, 0.25) is 0 Å².